The van der Waals surface area contributed by atoms with Crippen molar-refractivity contribution in [2.75, 3.05) is 34.5 Å². The summed E-state index contributed by atoms with van der Waals surface area (Å²) in [6, 6.07) is 26.6. The Morgan fingerprint density at radius 2 is 1.67 bits per heavy atom. The number of anilines is 2. The summed E-state index contributed by atoms with van der Waals surface area (Å²) in [4.78, 5) is 16.2. The number of carbonyl (C=O) groups is 1. The Morgan fingerprint density at radius 3 is 2.40 bits per heavy atom. The van der Waals surface area contributed by atoms with Gasteiger partial charge in [0.15, 0.2) is 0 Å². The van der Waals surface area contributed by atoms with Crippen molar-refractivity contribution in [3.05, 3.63) is 108 Å². The van der Waals surface area contributed by atoms with Crippen LogP contribution in [-0.2, 0) is 32.6 Å². The van der Waals surface area contributed by atoms with Crippen LogP contribution in [0.4, 0.5) is 11.4 Å². The number of nitrogens with one attached hydrogen (secondary N) is 1. The third kappa shape index (κ3) is 6.91. The molecule has 4 aromatic carbocycles. The van der Waals surface area contributed by atoms with Crippen molar-refractivity contribution in [1.82, 2.24) is 10.2 Å². The van der Waals surface area contributed by atoms with Crippen molar-refractivity contribution in [3.63, 3.8) is 0 Å². The maximum atomic E-state index is 13.8. The minimum atomic E-state index is -3.69. The van der Waals surface area contributed by atoms with Crippen molar-refractivity contribution < 1.29 is 22.0 Å². The Bertz CT molecular complexity index is 1810. The van der Waals surface area contributed by atoms with Crippen LogP contribution in [0.1, 0.15) is 54.5 Å². The second-order valence-corrected chi connectivity index (χ2v) is 14.7. The van der Waals surface area contributed by atoms with Gasteiger partial charge in [0.2, 0.25) is 15.9 Å². The fraction of sp³-hybridized carbons (Fsp3) is 0.324. The van der Waals surface area contributed by atoms with Crippen molar-refractivity contribution in [3.8, 4) is 0 Å². The zero-order valence-corrected chi connectivity index (χ0v) is 26.8. The highest BCUT2D eigenvalue weighted by atomic mass is 32.2. The predicted octanol–water partition coefficient (Wildman–Crippen LogP) is 5.54. The van der Waals surface area contributed by atoms with E-state index in [-0.39, 0.29) is 12.2 Å². The largest absolute Gasteiger partial charge is 0.348 e. The van der Waals surface area contributed by atoms with E-state index in [0.29, 0.717) is 16.9 Å². The smallest absolute Gasteiger partial charge is 0.262 e. The van der Waals surface area contributed by atoms with Crippen LogP contribution in [0.2, 0.25) is 0 Å². The van der Waals surface area contributed by atoms with Gasteiger partial charge in [-0.15, -0.1) is 0 Å². The van der Waals surface area contributed by atoms with Gasteiger partial charge in [-0.05, 0) is 71.6 Å². The van der Waals surface area contributed by atoms with Gasteiger partial charge in [-0.2, -0.15) is 0 Å². The molecule has 1 amide bonds. The Balaban J connectivity index is 1.28. The maximum absolute atomic E-state index is 13.8. The van der Waals surface area contributed by atoms with E-state index in [2.05, 4.69) is 10.2 Å². The molecule has 236 valence electrons. The number of carbonyl (C=O) groups excluding carboxylic acids is 1. The summed E-state index contributed by atoms with van der Waals surface area (Å²) in [5, 5.41) is 4.85. The predicted molar refractivity (Wildman–Crippen MR) is 180 cm³/mol. The van der Waals surface area contributed by atoms with E-state index in [1.165, 1.54) is 27.9 Å². The van der Waals surface area contributed by atoms with Crippen LogP contribution in [0.15, 0.2) is 91.0 Å². The fourth-order valence-electron chi connectivity index (χ4n) is 6.45. The zero-order chi connectivity index (χ0) is 31.6. The quantitative estimate of drug-likeness (QED) is 0.231. The van der Waals surface area contributed by atoms with E-state index in [9.17, 15) is 22.0 Å². The first-order valence-corrected chi connectivity index (χ1v) is 17.9. The standard InChI is InChI=1S/C34H38N4O5S2/c1-36-33-20-25(23-37-18-8-3-9-19-37)14-17-30(33)31(24-45(36,42)43)35-34(39)22-32(27-11-4-2-5-12-27)38(44(40)41)29-16-15-26-10-6-7-13-28(26)21-29/h2,4-7,10-17,20-21,31-32H,3,8-9,18-19,22-24H2,1H3,(H,35,39)(H,40,41). The minimum absolute atomic E-state index is 0.169. The van der Waals surface area contributed by atoms with Gasteiger partial charge in [-0.1, -0.05) is 79.2 Å². The molecule has 3 atom stereocenters. The van der Waals surface area contributed by atoms with E-state index in [1.54, 1.807) is 13.1 Å². The normalized spacial score (nSPS) is 19.4. The molecule has 45 heavy (non-hydrogen) atoms. The lowest BCUT2D eigenvalue weighted by molar-refractivity contribution is -0.122. The highest BCUT2D eigenvalue weighted by molar-refractivity contribution is 7.92. The number of piperidine rings is 1. The average molecular weight is 647 g/mol. The molecule has 2 heterocycles. The van der Waals surface area contributed by atoms with Crippen LogP contribution in [-0.4, -0.2) is 53.9 Å². The lowest BCUT2D eigenvalue weighted by atomic mass is 10.00. The van der Waals surface area contributed by atoms with Crippen LogP contribution < -0.4 is 13.9 Å². The number of hydrogen-bond donors (Lipinski definition) is 2. The first-order chi connectivity index (χ1) is 21.7. The molecule has 4 aromatic rings. The van der Waals surface area contributed by atoms with Crippen LogP contribution >= 0.6 is 0 Å². The molecule has 0 aliphatic carbocycles. The molecule has 9 nitrogen and oxygen atoms in total. The molecule has 0 bridgehead atoms. The van der Waals surface area contributed by atoms with Gasteiger partial charge in [0, 0.05) is 13.6 Å². The fourth-order valence-corrected chi connectivity index (χ4v) is 8.52. The lowest BCUT2D eigenvalue weighted by Crippen LogP contribution is -2.44. The van der Waals surface area contributed by atoms with Crippen LogP contribution in [0.5, 0.6) is 0 Å². The number of fused-ring (bicyclic) bond motifs is 2. The number of benzene rings is 4. The second-order valence-electron chi connectivity index (χ2n) is 11.8. The summed E-state index contributed by atoms with van der Waals surface area (Å²) in [5.41, 5.74) is 3.50. The summed E-state index contributed by atoms with van der Waals surface area (Å²) in [7, 11) is -2.13. The molecule has 6 rings (SSSR count). The van der Waals surface area contributed by atoms with Gasteiger partial charge in [0.05, 0.1) is 35.6 Å². The van der Waals surface area contributed by atoms with Gasteiger partial charge in [0.1, 0.15) is 0 Å². The van der Waals surface area contributed by atoms with Crippen molar-refractivity contribution in [2.45, 2.75) is 44.3 Å². The molecule has 1 saturated heterocycles. The number of amides is 1. The molecule has 2 aliphatic heterocycles. The molecular weight excluding hydrogens is 609 g/mol. The molecule has 0 spiro atoms. The molecule has 0 radical (unpaired) electrons. The maximum Gasteiger partial charge on any atom is 0.262 e. The summed E-state index contributed by atoms with van der Waals surface area (Å²) in [5.74, 6) is -0.697. The number of hydrogen-bond acceptors (Lipinski definition) is 5. The Hall–Kier alpha value is -3.77. The minimum Gasteiger partial charge on any atom is -0.348 e. The number of rotatable bonds is 9. The van der Waals surface area contributed by atoms with Crippen molar-refractivity contribution >= 4 is 49.3 Å². The van der Waals surface area contributed by atoms with E-state index in [4.69, 9.17) is 0 Å². The van der Waals surface area contributed by atoms with E-state index in [0.717, 1.165) is 41.5 Å². The van der Waals surface area contributed by atoms with Crippen LogP contribution in [0, 0.1) is 0 Å². The third-order valence-electron chi connectivity index (χ3n) is 8.80. The highest BCUT2D eigenvalue weighted by Gasteiger charge is 2.36. The van der Waals surface area contributed by atoms with Crippen LogP contribution in [0.25, 0.3) is 10.8 Å². The lowest BCUT2D eigenvalue weighted by Gasteiger charge is -2.35. The summed E-state index contributed by atoms with van der Waals surface area (Å²) >= 11 is -2.46. The number of sulfonamides is 1. The average Bonchev–Trinajstić information content (AvgIpc) is 3.04. The second kappa shape index (κ2) is 13.3. The number of likely N-dealkylation sites (tertiary alicyclic amines) is 1. The van der Waals surface area contributed by atoms with Gasteiger partial charge in [-0.25, -0.2) is 12.6 Å². The summed E-state index contributed by atoms with van der Waals surface area (Å²) in [6.07, 6.45) is 3.40. The summed E-state index contributed by atoms with van der Waals surface area (Å²) < 4.78 is 52.6. The summed E-state index contributed by atoms with van der Waals surface area (Å²) in [6.45, 7) is 2.81. The Kier molecular flexibility index (Phi) is 9.23. The molecule has 2 aliphatic rings. The molecular formula is C34H38N4O5S2. The van der Waals surface area contributed by atoms with Gasteiger partial charge >= 0.3 is 0 Å². The molecule has 2 N–H and O–H groups in total. The zero-order valence-electron chi connectivity index (χ0n) is 25.2. The molecule has 0 aromatic heterocycles. The Morgan fingerprint density at radius 1 is 0.956 bits per heavy atom. The molecule has 0 saturated carbocycles. The van der Waals surface area contributed by atoms with Gasteiger partial charge < -0.3 is 5.32 Å². The van der Waals surface area contributed by atoms with Gasteiger partial charge in [-0.3, -0.25) is 22.9 Å². The monoisotopic (exact) mass is 646 g/mol. The van der Waals surface area contributed by atoms with E-state index in [1.807, 2.05) is 84.9 Å². The highest BCUT2D eigenvalue weighted by Crippen LogP contribution is 2.37. The van der Waals surface area contributed by atoms with E-state index >= 15 is 0 Å². The number of nitrogens with zero attached hydrogens (tertiary/aromatic N) is 3. The third-order valence-corrected chi connectivity index (χ3v) is 11.4. The van der Waals surface area contributed by atoms with Crippen LogP contribution in [0.3, 0.4) is 0 Å². The van der Waals surface area contributed by atoms with Crippen molar-refractivity contribution in [2.24, 2.45) is 0 Å². The Labute approximate surface area is 267 Å². The first kappa shape index (κ1) is 31.2. The first-order valence-electron chi connectivity index (χ1n) is 15.2. The molecule has 3 unspecified atom stereocenters. The topological polar surface area (TPSA) is 110 Å². The van der Waals surface area contributed by atoms with Crippen molar-refractivity contribution in [1.29, 1.82) is 0 Å². The molecule has 11 heteroatoms. The SMILES string of the molecule is CN1c2cc(CN3CCCCC3)ccc2C(NC(=O)CC(c2ccccc2)N(c2ccc3ccccc3c2)S(=O)O)CS1(=O)=O. The van der Waals surface area contributed by atoms with Gasteiger partial charge in [0.25, 0.3) is 11.3 Å². The van der Waals surface area contributed by atoms with E-state index < -0.39 is 39.3 Å². The molecule has 1 fully saturated rings.